The summed E-state index contributed by atoms with van der Waals surface area (Å²) in [5, 5.41) is 8.73. The predicted octanol–water partition coefficient (Wildman–Crippen LogP) is 2.27. The number of benzene rings is 1. The lowest BCUT2D eigenvalue weighted by Crippen LogP contribution is -2.19. The fourth-order valence-corrected chi connectivity index (χ4v) is 1.54. The molecule has 0 bridgehead atoms. The summed E-state index contributed by atoms with van der Waals surface area (Å²) >= 11 is 5.85. The van der Waals surface area contributed by atoms with Gasteiger partial charge in [-0.05, 0) is 25.2 Å². The van der Waals surface area contributed by atoms with E-state index in [0.717, 1.165) is 0 Å². The monoisotopic (exact) mass is 305 g/mol. The van der Waals surface area contributed by atoms with Crippen LogP contribution in [0, 0.1) is 0 Å². The van der Waals surface area contributed by atoms with Crippen molar-refractivity contribution in [3.63, 3.8) is 0 Å². The number of hydrogen-bond acceptors (Lipinski definition) is 3. The number of hydrogen-bond donors (Lipinski definition) is 3. The fourth-order valence-electron chi connectivity index (χ4n) is 1.37. The van der Waals surface area contributed by atoms with Gasteiger partial charge in [-0.15, -0.1) is 12.4 Å². The Bertz CT molecular complexity index is 453. The van der Waals surface area contributed by atoms with Crippen molar-refractivity contribution in [2.45, 2.75) is 13.3 Å². The van der Waals surface area contributed by atoms with Gasteiger partial charge in [0.05, 0.1) is 11.4 Å². The summed E-state index contributed by atoms with van der Waals surface area (Å²) < 4.78 is 0. The minimum Gasteiger partial charge on any atom is -0.324 e. The lowest BCUT2D eigenvalue weighted by molar-refractivity contribution is -0.116. The second-order valence-electron chi connectivity index (χ2n) is 3.77. The van der Waals surface area contributed by atoms with Crippen LogP contribution in [0.25, 0.3) is 0 Å². The normalized spacial score (nSPS) is 9.42. The van der Waals surface area contributed by atoms with Gasteiger partial charge >= 0.3 is 0 Å². The van der Waals surface area contributed by atoms with E-state index in [4.69, 9.17) is 11.6 Å². The van der Waals surface area contributed by atoms with E-state index >= 15 is 0 Å². The Morgan fingerprint density at radius 3 is 2.47 bits per heavy atom. The van der Waals surface area contributed by atoms with E-state index in [1.807, 2.05) is 0 Å². The van der Waals surface area contributed by atoms with Gasteiger partial charge < -0.3 is 16.0 Å². The van der Waals surface area contributed by atoms with Crippen LogP contribution in [-0.4, -0.2) is 25.4 Å². The maximum atomic E-state index is 11.6. The van der Waals surface area contributed by atoms with Crippen LogP contribution < -0.4 is 16.0 Å². The number of halogens is 2. The molecule has 0 saturated heterocycles. The van der Waals surface area contributed by atoms with Crippen molar-refractivity contribution in [2.75, 3.05) is 24.2 Å². The van der Waals surface area contributed by atoms with Gasteiger partial charge in [-0.3, -0.25) is 9.59 Å². The van der Waals surface area contributed by atoms with Crippen LogP contribution in [0.15, 0.2) is 18.2 Å². The van der Waals surface area contributed by atoms with E-state index in [1.165, 1.54) is 6.92 Å². The van der Waals surface area contributed by atoms with E-state index in [2.05, 4.69) is 16.0 Å². The smallest absolute Gasteiger partial charge is 0.225 e. The molecule has 1 aromatic carbocycles. The second kappa shape index (κ2) is 8.74. The summed E-state index contributed by atoms with van der Waals surface area (Å²) in [4.78, 5) is 22.7. The molecule has 0 spiro atoms. The Balaban J connectivity index is 0.00000324. The van der Waals surface area contributed by atoms with Crippen LogP contribution >= 0.6 is 24.0 Å². The van der Waals surface area contributed by atoms with E-state index in [-0.39, 0.29) is 24.2 Å². The standard InChI is InChI=1S/C12H16ClN3O2.ClH/c1-8(17)15-11-7-9(13)3-4-10(11)16-12(18)5-6-14-2;/h3-4,7,14H,5-6H2,1-2H3,(H,15,17)(H,16,18);1H. The number of carbonyl (C=O) groups is 2. The van der Waals surface area contributed by atoms with Gasteiger partial charge in [0.15, 0.2) is 0 Å². The second-order valence-corrected chi connectivity index (χ2v) is 4.21. The summed E-state index contributed by atoms with van der Waals surface area (Å²) in [6.45, 7) is 1.99. The predicted molar refractivity (Wildman–Crippen MR) is 80.2 cm³/mol. The van der Waals surface area contributed by atoms with Crippen LogP contribution in [0.2, 0.25) is 5.02 Å². The highest BCUT2D eigenvalue weighted by atomic mass is 35.5. The molecule has 5 nitrogen and oxygen atoms in total. The van der Waals surface area contributed by atoms with E-state index < -0.39 is 0 Å². The Kier molecular flexibility index (Phi) is 8.14. The van der Waals surface area contributed by atoms with Gasteiger partial charge in [-0.1, -0.05) is 11.6 Å². The first-order valence-corrected chi connectivity index (χ1v) is 5.92. The van der Waals surface area contributed by atoms with E-state index in [9.17, 15) is 9.59 Å². The summed E-state index contributed by atoms with van der Waals surface area (Å²) in [6.07, 6.45) is 0.360. The summed E-state index contributed by atoms with van der Waals surface area (Å²) in [5.74, 6) is -0.346. The maximum Gasteiger partial charge on any atom is 0.225 e. The molecule has 0 aromatic heterocycles. The largest absolute Gasteiger partial charge is 0.324 e. The highest BCUT2D eigenvalue weighted by Gasteiger charge is 2.08. The minimum atomic E-state index is -0.219. The highest BCUT2D eigenvalue weighted by molar-refractivity contribution is 6.31. The SMILES string of the molecule is CNCCC(=O)Nc1ccc(Cl)cc1NC(C)=O.Cl. The van der Waals surface area contributed by atoms with Crippen LogP contribution in [0.3, 0.4) is 0 Å². The molecule has 19 heavy (non-hydrogen) atoms. The van der Waals surface area contributed by atoms with Crippen molar-refractivity contribution in [3.8, 4) is 0 Å². The average molecular weight is 306 g/mol. The van der Waals surface area contributed by atoms with Gasteiger partial charge in [-0.2, -0.15) is 0 Å². The Hall–Kier alpha value is -1.30. The highest BCUT2D eigenvalue weighted by Crippen LogP contribution is 2.25. The molecule has 0 unspecified atom stereocenters. The first-order chi connectivity index (χ1) is 8.52. The van der Waals surface area contributed by atoms with Gasteiger partial charge in [0.2, 0.25) is 11.8 Å². The third-order valence-corrected chi connectivity index (χ3v) is 2.40. The molecule has 0 saturated carbocycles. The first-order valence-electron chi connectivity index (χ1n) is 5.54. The van der Waals surface area contributed by atoms with Gasteiger partial charge in [0, 0.05) is 24.9 Å². The van der Waals surface area contributed by atoms with Crippen molar-refractivity contribution in [2.24, 2.45) is 0 Å². The first kappa shape index (κ1) is 17.7. The fraction of sp³-hybridized carbons (Fsp3) is 0.333. The van der Waals surface area contributed by atoms with Crippen LogP contribution in [0.1, 0.15) is 13.3 Å². The molecule has 1 aromatic rings. The van der Waals surface area contributed by atoms with Gasteiger partial charge in [-0.25, -0.2) is 0 Å². The summed E-state index contributed by atoms with van der Waals surface area (Å²) in [5.41, 5.74) is 1.03. The molecule has 0 atom stereocenters. The summed E-state index contributed by atoms with van der Waals surface area (Å²) in [6, 6.07) is 4.90. The van der Waals surface area contributed by atoms with Crippen molar-refractivity contribution in [1.29, 1.82) is 0 Å². The topological polar surface area (TPSA) is 70.2 Å². The molecule has 0 fully saturated rings. The lowest BCUT2D eigenvalue weighted by Gasteiger charge is -2.11. The number of amides is 2. The van der Waals surface area contributed by atoms with Crippen molar-refractivity contribution in [1.82, 2.24) is 5.32 Å². The molecule has 7 heteroatoms. The zero-order valence-corrected chi connectivity index (χ0v) is 12.3. The molecule has 2 amide bonds. The molecule has 0 aliphatic heterocycles. The Morgan fingerprint density at radius 1 is 1.21 bits per heavy atom. The average Bonchev–Trinajstić information content (AvgIpc) is 2.29. The molecule has 0 heterocycles. The molecule has 106 valence electrons. The summed E-state index contributed by atoms with van der Waals surface area (Å²) in [7, 11) is 1.78. The number of carbonyl (C=O) groups excluding carboxylic acids is 2. The lowest BCUT2D eigenvalue weighted by atomic mass is 10.2. The number of anilines is 2. The van der Waals surface area contributed by atoms with Crippen molar-refractivity contribution >= 4 is 47.2 Å². The molecular formula is C12H17Cl2N3O2. The Labute approximate surface area is 123 Å². The van der Waals surface area contributed by atoms with Crippen LogP contribution in [0.5, 0.6) is 0 Å². The number of rotatable bonds is 5. The molecule has 0 aliphatic rings. The van der Waals surface area contributed by atoms with Crippen molar-refractivity contribution < 1.29 is 9.59 Å². The Morgan fingerprint density at radius 2 is 1.89 bits per heavy atom. The third-order valence-electron chi connectivity index (χ3n) is 2.17. The molecule has 0 radical (unpaired) electrons. The molecule has 1 rings (SSSR count). The van der Waals surface area contributed by atoms with E-state index in [0.29, 0.717) is 29.4 Å². The quantitative estimate of drug-likeness (QED) is 0.781. The van der Waals surface area contributed by atoms with Crippen LogP contribution in [-0.2, 0) is 9.59 Å². The van der Waals surface area contributed by atoms with E-state index in [1.54, 1.807) is 25.2 Å². The maximum absolute atomic E-state index is 11.6. The third kappa shape index (κ3) is 6.42. The van der Waals surface area contributed by atoms with Gasteiger partial charge in [0.1, 0.15) is 0 Å². The molecule has 0 aliphatic carbocycles. The molecular weight excluding hydrogens is 289 g/mol. The van der Waals surface area contributed by atoms with Crippen LogP contribution in [0.4, 0.5) is 11.4 Å². The molecule has 3 N–H and O–H groups in total. The number of nitrogens with one attached hydrogen (secondary N) is 3. The van der Waals surface area contributed by atoms with Crippen molar-refractivity contribution in [3.05, 3.63) is 23.2 Å². The zero-order valence-electron chi connectivity index (χ0n) is 10.7. The van der Waals surface area contributed by atoms with Gasteiger partial charge in [0.25, 0.3) is 0 Å². The zero-order chi connectivity index (χ0) is 13.5. The minimum absolute atomic E-state index is 0.